The molecule has 0 saturated carbocycles. The standard InChI is InChI=1S/C19H18N2O2/c1-22-19-11-3-2-9-17(19)18-10-6-8-16(21-18)14-23-13-15-7-4-5-12-20-15/h2-12H,13-14H2,1H3. The van der Waals surface area contributed by atoms with Gasteiger partial charge >= 0.3 is 0 Å². The van der Waals surface area contributed by atoms with Crippen LogP contribution in [0.15, 0.2) is 66.9 Å². The largest absolute Gasteiger partial charge is 0.496 e. The topological polar surface area (TPSA) is 44.2 Å². The van der Waals surface area contributed by atoms with Gasteiger partial charge in [-0.3, -0.25) is 9.97 Å². The highest BCUT2D eigenvalue weighted by atomic mass is 16.5. The third kappa shape index (κ3) is 3.93. The maximum atomic E-state index is 5.70. The molecule has 0 amide bonds. The minimum Gasteiger partial charge on any atom is -0.496 e. The maximum absolute atomic E-state index is 5.70. The van der Waals surface area contributed by atoms with Gasteiger partial charge in [-0.05, 0) is 36.4 Å². The molecule has 0 aliphatic carbocycles. The second kappa shape index (κ2) is 7.51. The molecule has 3 aromatic rings. The number of benzene rings is 1. The third-order valence-corrected chi connectivity index (χ3v) is 3.42. The molecule has 0 saturated heterocycles. The van der Waals surface area contributed by atoms with Crippen molar-refractivity contribution in [1.29, 1.82) is 0 Å². The number of hydrogen-bond donors (Lipinski definition) is 0. The Labute approximate surface area is 135 Å². The number of methoxy groups -OCH3 is 1. The minimum atomic E-state index is 0.444. The molecule has 4 nitrogen and oxygen atoms in total. The first-order valence-corrected chi connectivity index (χ1v) is 7.44. The molecule has 0 aliphatic heterocycles. The quantitative estimate of drug-likeness (QED) is 0.693. The Hall–Kier alpha value is -2.72. The Bertz CT molecular complexity index is 760. The van der Waals surface area contributed by atoms with Gasteiger partial charge in [-0.25, -0.2) is 0 Å². The number of aromatic nitrogens is 2. The van der Waals surface area contributed by atoms with E-state index >= 15 is 0 Å². The van der Waals surface area contributed by atoms with E-state index in [1.165, 1.54) is 0 Å². The highest BCUT2D eigenvalue weighted by molar-refractivity contribution is 5.67. The Morgan fingerprint density at radius 1 is 0.826 bits per heavy atom. The lowest BCUT2D eigenvalue weighted by molar-refractivity contribution is 0.102. The van der Waals surface area contributed by atoms with Crippen LogP contribution < -0.4 is 4.74 Å². The van der Waals surface area contributed by atoms with Crippen molar-refractivity contribution in [2.75, 3.05) is 7.11 Å². The van der Waals surface area contributed by atoms with E-state index in [0.717, 1.165) is 28.4 Å². The lowest BCUT2D eigenvalue weighted by Crippen LogP contribution is -1.99. The highest BCUT2D eigenvalue weighted by Gasteiger charge is 2.07. The molecule has 3 rings (SSSR count). The first kappa shape index (κ1) is 15.2. The van der Waals surface area contributed by atoms with Gasteiger partial charge in [0.2, 0.25) is 0 Å². The SMILES string of the molecule is COc1ccccc1-c1cccc(COCc2ccccn2)n1. The fourth-order valence-corrected chi connectivity index (χ4v) is 2.31. The minimum absolute atomic E-state index is 0.444. The van der Waals surface area contributed by atoms with Crippen molar-refractivity contribution < 1.29 is 9.47 Å². The van der Waals surface area contributed by atoms with E-state index in [0.29, 0.717) is 13.2 Å². The van der Waals surface area contributed by atoms with Crippen LogP contribution in [-0.2, 0) is 18.0 Å². The predicted molar refractivity (Wildman–Crippen MR) is 89.0 cm³/mol. The van der Waals surface area contributed by atoms with E-state index in [9.17, 15) is 0 Å². The van der Waals surface area contributed by atoms with Crippen molar-refractivity contribution in [3.63, 3.8) is 0 Å². The molecule has 1 aromatic carbocycles. The molecule has 0 N–H and O–H groups in total. The zero-order valence-corrected chi connectivity index (χ0v) is 13.0. The van der Waals surface area contributed by atoms with Gasteiger partial charge < -0.3 is 9.47 Å². The van der Waals surface area contributed by atoms with Crippen molar-refractivity contribution in [2.24, 2.45) is 0 Å². The summed E-state index contributed by atoms with van der Waals surface area (Å²) in [6, 6.07) is 19.5. The number of rotatable bonds is 6. The predicted octanol–water partition coefficient (Wildman–Crippen LogP) is 3.87. The van der Waals surface area contributed by atoms with Crippen LogP contribution in [0.5, 0.6) is 5.75 Å². The van der Waals surface area contributed by atoms with Crippen LogP contribution in [-0.4, -0.2) is 17.1 Å². The summed E-state index contributed by atoms with van der Waals surface area (Å²) >= 11 is 0. The van der Waals surface area contributed by atoms with Crippen LogP contribution in [0.2, 0.25) is 0 Å². The number of hydrogen-bond acceptors (Lipinski definition) is 4. The fourth-order valence-electron chi connectivity index (χ4n) is 2.31. The van der Waals surface area contributed by atoms with Crippen LogP contribution in [0, 0.1) is 0 Å². The van der Waals surface area contributed by atoms with E-state index in [1.54, 1.807) is 13.3 Å². The first-order valence-electron chi connectivity index (χ1n) is 7.44. The summed E-state index contributed by atoms with van der Waals surface area (Å²) in [7, 11) is 1.67. The molecule has 4 heteroatoms. The highest BCUT2D eigenvalue weighted by Crippen LogP contribution is 2.28. The lowest BCUT2D eigenvalue weighted by atomic mass is 10.1. The monoisotopic (exact) mass is 306 g/mol. The van der Waals surface area contributed by atoms with Crippen molar-refractivity contribution in [3.8, 4) is 17.0 Å². The van der Waals surface area contributed by atoms with E-state index < -0.39 is 0 Å². The molecule has 0 spiro atoms. The van der Waals surface area contributed by atoms with E-state index in [2.05, 4.69) is 9.97 Å². The Morgan fingerprint density at radius 3 is 2.43 bits per heavy atom. The summed E-state index contributed by atoms with van der Waals surface area (Å²) in [6.45, 7) is 0.918. The summed E-state index contributed by atoms with van der Waals surface area (Å²) in [6.07, 6.45) is 1.76. The molecule has 0 fully saturated rings. The number of ether oxygens (including phenoxy) is 2. The molecular formula is C19H18N2O2. The van der Waals surface area contributed by atoms with Crippen LogP contribution in [0.25, 0.3) is 11.3 Å². The van der Waals surface area contributed by atoms with Gasteiger partial charge in [0.25, 0.3) is 0 Å². The number of nitrogens with zero attached hydrogens (tertiary/aromatic N) is 2. The molecule has 2 aromatic heterocycles. The second-order valence-corrected chi connectivity index (χ2v) is 5.03. The average Bonchev–Trinajstić information content (AvgIpc) is 2.63. The zero-order chi connectivity index (χ0) is 15.9. The van der Waals surface area contributed by atoms with Crippen molar-refractivity contribution in [2.45, 2.75) is 13.2 Å². The molecule has 0 radical (unpaired) electrons. The Morgan fingerprint density at radius 2 is 1.61 bits per heavy atom. The van der Waals surface area contributed by atoms with Crippen molar-refractivity contribution >= 4 is 0 Å². The average molecular weight is 306 g/mol. The molecule has 0 atom stereocenters. The van der Waals surface area contributed by atoms with Gasteiger partial charge in [-0.15, -0.1) is 0 Å². The van der Waals surface area contributed by atoms with Crippen LogP contribution in [0.1, 0.15) is 11.4 Å². The summed E-state index contributed by atoms with van der Waals surface area (Å²) < 4.78 is 11.1. The van der Waals surface area contributed by atoms with Gasteiger partial charge in [0.15, 0.2) is 0 Å². The van der Waals surface area contributed by atoms with Gasteiger partial charge in [0.1, 0.15) is 5.75 Å². The molecular weight excluding hydrogens is 288 g/mol. The summed E-state index contributed by atoms with van der Waals surface area (Å²) in [5.74, 6) is 0.812. The van der Waals surface area contributed by atoms with Crippen LogP contribution >= 0.6 is 0 Å². The van der Waals surface area contributed by atoms with Crippen molar-refractivity contribution in [3.05, 3.63) is 78.2 Å². The molecule has 116 valence electrons. The number of pyridine rings is 2. The Balaban J connectivity index is 1.70. The zero-order valence-electron chi connectivity index (χ0n) is 13.0. The summed E-state index contributed by atoms with van der Waals surface area (Å²) in [5.41, 5.74) is 3.64. The summed E-state index contributed by atoms with van der Waals surface area (Å²) in [4.78, 5) is 8.89. The second-order valence-electron chi connectivity index (χ2n) is 5.03. The first-order chi connectivity index (χ1) is 11.4. The molecule has 2 heterocycles. The summed E-state index contributed by atoms with van der Waals surface area (Å²) in [5, 5.41) is 0. The van der Waals surface area contributed by atoms with Crippen LogP contribution in [0.3, 0.4) is 0 Å². The fraction of sp³-hybridized carbons (Fsp3) is 0.158. The van der Waals surface area contributed by atoms with E-state index in [-0.39, 0.29) is 0 Å². The van der Waals surface area contributed by atoms with E-state index in [4.69, 9.17) is 9.47 Å². The van der Waals surface area contributed by atoms with E-state index in [1.807, 2.05) is 60.7 Å². The lowest BCUT2D eigenvalue weighted by Gasteiger charge is -2.09. The van der Waals surface area contributed by atoms with Gasteiger partial charge in [-0.2, -0.15) is 0 Å². The maximum Gasteiger partial charge on any atom is 0.128 e. The molecule has 0 unspecified atom stereocenters. The molecule has 23 heavy (non-hydrogen) atoms. The number of para-hydroxylation sites is 1. The third-order valence-electron chi connectivity index (χ3n) is 3.42. The molecule has 0 aliphatic rings. The smallest absolute Gasteiger partial charge is 0.128 e. The van der Waals surface area contributed by atoms with Gasteiger partial charge in [-0.1, -0.05) is 24.3 Å². The van der Waals surface area contributed by atoms with Gasteiger partial charge in [0, 0.05) is 11.8 Å². The van der Waals surface area contributed by atoms with Gasteiger partial charge in [0.05, 0.1) is 37.4 Å². The Kier molecular flexibility index (Phi) is 4.96. The molecule has 0 bridgehead atoms. The van der Waals surface area contributed by atoms with Crippen molar-refractivity contribution in [1.82, 2.24) is 9.97 Å². The van der Waals surface area contributed by atoms with Crippen LogP contribution in [0.4, 0.5) is 0 Å². The normalized spacial score (nSPS) is 10.5.